The number of carbonyl (C=O) groups is 2. The first kappa shape index (κ1) is 17.7. The minimum absolute atomic E-state index is 0.0409. The van der Waals surface area contributed by atoms with Gasteiger partial charge >= 0.3 is 5.97 Å². The van der Waals surface area contributed by atoms with Gasteiger partial charge in [0, 0.05) is 5.56 Å². The molecular formula is C17H19IO3. The van der Waals surface area contributed by atoms with Crippen LogP contribution in [0.25, 0.3) is 0 Å². The summed E-state index contributed by atoms with van der Waals surface area (Å²) in [6.07, 6.45) is 0.0409. The summed E-state index contributed by atoms with van der Waals surface area (Å²) in [7, 11) is 0. The topological polar surface area (TPSA) is 43.4 Å². The van der Waals surface area contributed by atoms with Gasteiger partial charge in [-0.25, -0.2) is 0 Å². The highest BCUT2D eigenvalue weighted by Gasteiger charge is 2.22. The van der Waals surface area contributed by atoms with Crippen LogP contribution in [0.5, 0.6) is 0 Å². The van der Waals surface area contributed by atoms with Crippen molar-refractivity contribution in [3.8, 4) is 11.8 Å². The lowest BCUT2D eigenvalue weighted by molar-refractivity contribution is -0.155. The number of carbonyl (C=O) groups excluding carboxylic acids is 2. The molecule has 1 rings (SSSR count). The Hall–Kier alpha value is -1.35. The van der Waals surface area contributed by atoms with Crippen LogP contribution in [0, 0.1) is 18.8 Å². The first-order valence-electron chi connectivity index (χ1n) is 6.66. The average molecular weight is 398 g/mol. The third-order valence-corrected chi connectivity index (χ3v) is 3.44. The summed E-state index contributed by atoms with van der Waals surface area (Å²) in [4.78, 5) is 23.6. The summed E-state index contributed by atoms with van der Waals surface area (Å²) < 4.78 is 4.70. The maximum atomic E-state index is 11.9. The van der Waals surface area contributed by atoms with E-state index in [0.29, 0.717) is 0 Å². The predicted octanol–water partition coefficient (Wildman–Crippen LogP) is 3.45. The van der Waals surface area contributed by atoms with E-state index in [9.17, 15) is 9.59 Å². The number of ether oxygens (including phenoxy) is 1. The van der Waals surface area contributed by atoms with E-state index in [4.69, 9.17) is 4.74 Å². The highest BCUT2D eigenvalue weighted by Crippen LogP contribution is 2.13. The number of alkyl halides is 1. The Morgan fingerprint density at radius 1 is 1.24 bits per heavy atom. The van der Waals surface area contributed by atoms with Crippen molar-refractivity contribution < 1.29 is 14.3 Å². The normalized spacial score (nSPS) is 12.0. The maximum absolute atomic E-state index is 11.9. The van der Waals surface area contributed by atoms with E-state index in [-0.39, 0.29) is 18.2 Å². The lowest BCUT2D eigenvalue weighted by Crippen LogP contribution is -2.27. The van der Waals surface area contributed by atoms with Crippen LogP contribution < -0.4 is 0 Å². The molecule has 0 amide bonds. The van der Waals surface area contributed by atoms with E-state index in [0.717, 1.165) is 11.1 Å². The largest absolute Gasteiger partial charge is 0.460 e. The summed E-state index contributed by atoms with van der Waals surface area (Å²) in [6, 6.07) is 7.62. The smallest absolute Gasteiger partial charge is 0.307 e. The van der Waals surface area contributed by atoms with Crippen molar-refractivity contribution in [2.45, 2.75) is 43.6 Å². The van der Waals surface area contributed by atoms with Crippen molar-refractivity contribution >= 4 is 34.3 Å². The van der Waals surface area contributed by atoms with E-state index in [1.807, 2.05) is 53.8 Å². The fourth-order valence-electron chi connectivity index (χ4n) is 1.47. The second-order valence-corrected chi connectivity index (χ2v) is 7.24. The van der Waals surface area contributed by atoms with E-state index in [1.165, 1.54) is 0 Å². The van der Waals surface area contributed by atoms with Gasteiger partial charge in [-0.2, -0.15) is 0 Å². The summed E-state index contributed by atoms with van der Waals surface area (Å²) in [5.41, 5.74) is 1.39. The number of hydrogen-bond donors (Lipinski definition) is 0. The van der Waals surface area contributed by atoms with Crippen LogP contribution in [0.1, 0.15) is 38.3 Å². The highest BCUT2D eigenvalue weighted by atomic mass is 127. The Morgan fingerprint density at radius 3 is 2.33 bits per heavy atom. The third-order valence-electron chi connectivity index (χ3n) is 2.43. The number of aryl methyl sites for hydroxylation is 1. The van der Waals surface area contributed by atoms with Crippen molar-refractivity contribution in [3.63, 3.8) is 0 Å². The summed E-state index contributed by atoms with van der Waals surface area (Å²) in [6.45, 7) is 7.38. The number of benzene rings is 1. The molecule has 21 heavy (non-hydrogen) atoms. The van der Waals surface area contributed by atoms with Gasteiger partial charge in [0.25, 0.3) is 0 Å². The SMILES string of the molecule is Cc1ccc(C#CC(=O)C(I)CC(=O)OC(C)(C)C)cc1. The molecule has 0 spiro atoms. The summed E-state index contributed by atoms with van der Waals surface area (Å²) in [5.74, 6) is 4.76. The first-order valence-corrected chi connectivity index (χ1v) is 7.90. The van der Waals surface area contributed by atoms with Crippen molar-refractivity contribution in [1.29, 1.82) is 0 Å². The third kappa shape index (κ3) is 7.28. The van der Waals surface area contributed by atoms with E-state index < -0.39 is 9.53 Å². The molecule has 0 bridgehead atoms. The minimum Gasteiger partial charge on any atom is -0.460 e. The molecule has 112 valence electrons. The minimum atomic E-state index is -0.538. The predicted molar refractivity (Wildman–Crippen MR) is 91.3 cm³/mol. The van der Waals surface area contributed by atoms with Gasteiger partial charge in [0.15, 0.2) is 0 Å². The van der Waals surface area contributed by atoms with Crippen molar-refractivity contribution in [3.05, 3.63) is 35.4 Å². The summed E-state index contributed by atoms with van der Waals surface area (Å²) in [5, 5.41) is 0. The monoisotopic (exact) mass is 398 g/mol. The number of hydrogen-bond acceptors (Lipinski definition) is 3. The molecule has 4 heteroatoms. The molecule has 1 aromatic rings. The molecule has 0 aliphatic rings. The van der Waals surface area contributed by atoms with Crippen LogP contribution >= 0.6 is 22.6 Å². The van der Waals surface area contributed by atoms with Crippen LogP contribution in [0.15, 0.2) is 24.3 Å². The molecule has 0 radical (unpaired) electrons. The van der Waals surface area contributed by atoms with Gasteiger partial charge in [0.05, 0.1) is 10.3 Å². The molecule has 0 aliphatic heterocycles. The van der Waals surface area contributed by atoms with Gasteiger partial charge in [-0.05, 0) is 45.7 Å². The Bertz CT molecular complexity index is 571. The van der Waals surface area contributed by atoms with Gasteiger partial charge in [-0.1, -0.05) is 46.2 Å². The van der Waals surface area contributed by atoms with Crippen molar-refractivity contribution in [2.24, 2.45) is 0 Å². The van der Waals surface area contributed by atoms with Crippen LogP contribution in [0.3, 0.4) is 0 Å². The van der Waals surface area contributed by atoms with Crippen LogP contribution in [-0.2, 0) is 14.3 Å². The Balaban J connectivity index is 2.60. The zero-order valence-electron chi connectivity index (χ0n) is 12.7. The molecule has 0 aromatic heterocycles. The second kappa shape index (κ2) is 7.60. The summed E-state index contributed by atoms with van der Waals surface area (Å²) >= 11 is 1.93. The fourth-order valence-corrected chi connectivity index (χ4v) is 1.99. The molecule has 0 aliphatic carbocycles. The molecule has 0 saturated heterocycles. The van der Waals surface area contributed by atoms with Crippen LogP contribution in [-0.4, -0.2) is 21.3 Å². The zero-order chi connectivity index (χ0) is 16.0. The van der Waals surface area contributed by atoms with Gasteiger partial charge in [0.1, 0.15) is 5.60 Å². The molecule has 0 heterocycles. The number of rotatable bonds is 3. The number of esters is 1. The van der Waals surface area contributed by atoms with Crippen molar-refractivity contribution in [1.82, 2.24) is 0 Å². The van der Waals surface area contributed by atoms with Gasteiger partial charge in [-0.15, -0.1) is 0 Å². The fraction of sp³-hybridized carbons (Fsp3) is 0.412. The van der Waals surface area contributed by atoms with E-state index in [2.05, 4.69) is 11.8 Å². The van der Waals surface area contributed by atoms with Gasteiger partial charge in [0.2, 0.25) is 5.78 Å². The van der Waals surface area contributed by atoms with Crippen molar-refractivity contribution in [2.75, 3.05) is 0 Å². The first-order chi connectivity index (χ1) is 9.67. The standard InChI is InChI=1S/C17H19IO3/c1-12-5-7-13(8-6-12)9-10-15(19)14(18)11-16(20)21-17(2,3)4/h5-8,14H,11H2,1-4H3. The second-order valence-electron chi connectivity index (χ2n) is 5.74. The van der Waals surface area contributed by atoms with Gasteiger partial charge < -0.3 is 4.74 Å². The molecule has 1 unspecified atom stereocenters. The average Bonchev–Trinajstić information content (AvgIpc) is 2.35. The molecule has 3 nitrogen and oxygen atoms in total. The molecule has 0 saturated carbocycles. The lowest BCUT2D eigenvalue weighted by atomic mass is 10.1. The quantitative estimate of drug-likeness (QED) is 0.339. The van der Waals surface area contributed by atoms with Crippen LogP contribution in [0.2, 0.25) is 0 Å². The molecule has 1 aromatic carbocycles. The Labute approximate surface area is 139 Å². The van der Waals surface area contributed by atoms with Crippen LogP contribution in [0.4, 0.5) is 0 Å². The van der Waals surface area contributed by atoms with E-state index in [1.54, 1.807) is 20.8 Å². The Morgan fingerprint density at radius 2 is 1.81 bits per heavy atom. The number of halogens is 1. The molecule has 0 N–H and O–H groups in total. The zero-order valence-corrected chi connectivity index (χ0v) is 14.9. The lowest BCUT2D eigenvalue weighted by Gasteiger charge is -2.19. The van der Waals surface area contributed by atoms with E-state index >= 15 is 0 Å². The Kier molecular flexibility index (Phi) is 6.41. The maximum Gasteiger partial charge on any atom is 0.307 e. The molecule has 0 fully saturated rings. The molecule has 1 atom stereocenters. The highest BCUT2D eigenvalue weighted by molar-refractivity contribution is 14.1. The molecular weight excluding hydrogens is 379 g/mol. The van der Waals surface area contributed by atoms with Gasteiger partial charge in [-0.3, -0.25) is 9.59 Å². The number of Topliss-reactive ketones (excluding diaryl/α,β-unsaturated/α-hetero) is 1. The number of ketones is 1.